The third-order valence-electron chi connectivity index (χ3n) is 2.15. The van der Waals surface area contributed by atoms with Crippen molar-refractivity contribution in [2.75, 3.05) is 5.88 Å². The van der Waals surface area contributed by atoms with Crippen LogP contribution in [0, 0.1) is 0 Å². The first-order valence-corrected chi connectivity index (χ1v) is 6.11. The zero-order chi connectivity index (χ0) is 11.3. The fourth-order valence-electron chi connectivity index (χ4n) is 1.23. The van der Waals surface area contributed by atoms with Crippen LogP contribution >= 0.6 is 27.5 Å². The third kappa shape index (κ3) is 3.54. The van der Waals surface area contributed by atoms with Gasteiger partial charge >= 0.3 is 0 Å². The number of nitrogens with one attached hydrogen (secondary N) is 1. The number of hydrogen-bond acceptors (Lipinski definition) is 2. The smallest absolute Gasteiger partial charge is 0.255 e. The van der Waals surface area contributed by atoms with E-state index in [0.717, 1.165) is 12.8 Å². The van der Waals surface area contributed by atoms with Crippen LogP contribution in [0.15, 0.2) is 21.4 Å². The molecule has 1 amide bonds. The van der Waals surface area contributed by atoms with Crippen molar-refractivity contribution in [1.29, 1.82) is 0 Å². The molecule has 0 spiro atoms. The maximum absolute atomic E-state index is 11.7. The van der Waals surface area contributed by atoms with E-state index in [-0.39, 0.29) is 11.9 Å². The van der Waals surface area contributed by atoms with E-state index in [1.165, 1.54) is 6.26 Å². The van der Waals surface area contributed by atoms with Gasteiger partial charge in [0.25, 0.3) is 5.91 Å². The van der Waals surface area contributed by atoms with Crippen LogP contribution in [-0.2, 0) is 0 Å². The van der Waals surface area contributed by atoms with E-state index < -0.39 is 0 Å². The second kappa shape index (κ2) is 6.18. The van der Waals surface area contributed by atoms with Gasteiger partial charge in [-0.25, -0.2) is 0 Å². The summed E-state index contributed by atoms with van der Waals surface area (Å²) >= 11 is 8.80. The predicted molar refractivity (Wildman–Crippen MR) is 63.3 cm³/mol. The lowest BCUT2D eigenvalue weighted by atomic mass is 10.1. The van der Waals surface area contributed by atoms with E-state index in [1.54, 1.807) is 6.07 Å². The Hall–Kier alpha value is -0.480. The molecule has 0 saturated carbocycles. The molecule has 1 heterocycles. The lowest BCUT2D eigenvalue weighted by molar-refractivity contribution is 0.0933. The lowest BCUT2D eigenvalue weighted by Crippen LogP contribution is -2.34. The van der Waals surface area contributed by atoms with E-state index in [4.69, 9.17) is 16.0 Å². The fraction of sp³-hybridized carbons (Fsp3) is 0.500. The number of hydrogen-bond donors (Lipinski definition) is 1. The van der Waals surface area contributed by atoms with Crippen molar-refractivity contribution in [3.63, 3.8) is 0 Å². The first kappa shape index (κ1) is 12.6. The maximum atomic E-state index is 11.7. The summed E-state index contributed by atoms with van der Waals surface area (Å²) in [6.07, 6.45) is 3.12. The Balaban J connectivity index is 2.58. The van der Waals surface area contributed by atoms with Crippen molar-refractivity contribution >= 4 is 33.4 Å². The first-order valence-electron chi connectivity index (χ1n) is 4.78. The number of alkyl halides is 1. The zero-order valence-corrected chi connectivity index (χ0v) is 10.8. The van der Waals surface area contributed by atoms with E-state index in [1.807, 2.05) is 6.92 Å². The molecule has 84 valence electrons. The molecule has 0 saturated heterocycles. The highest BCUT2D eigenvalue weighted by Crippen LogP contribution is 2.17. The van der Waals surface area contributed by atoms with Crippen LogP contribution in [0.4, 0.5) is 0 Å². The average molecular weight is 295 g/mol. The SMILES string of the molecule is CCC(CCCl)NC(=O)c1ccoc1Br. The molecule has 0 aliphatic carbocycles. The highest BCUT2D eigenvalue weighted by molar-refractivity contribution is 9.10. The van der Waals surface area contributed by atoms with Gasteiger partial charge in [0.05, 0.1) is 11.8 Å². The van der Waals surface area contributed by atoms with Crippen LogP contribution in [0.3, 0.4) is 0 Å². The Morgan fingerprint density at radius 2 is 2.47 bits per heavy atom. The largest absolute Gasteiger partial charge is 0.457 e. The zero-order valence-electron chi connectivity index (χ0n) is 8.43. The number of carbonyl (C=O) groups is 1. The summed E-state index contributed by atoms with van der Waals surface area (Å²) in [6.45, 7) is 2.02. The average Bonchev–Trinajstić information content (AvgIpc) is 2.63. The molecule has 0 bridgehead atoms. The Morgan fingerprint density at radius 1 is 1.73 bits per heavy atom. The van der Waals surface area contributed by atoms with E-state index in [2.05, 4.69) is 21.2 Å². The van der Waals surface area contributed by atoms with Crippen LogP contribution in [0.1, 0.15) is 30.1 Å². The van der Waals surface area contributed by atoms with Gasteiger partial charge in [-0.15, -0.1) is 11.6 Å². The van der Waals surface area contributed by atoms with Crippen LogP contribution in [0.25, 0.3) is 0 Å². The van der Waals surface area contributed by atoms with Crippen molar-refractivity contribution in [3.05, 3.63) is 22.6 Å². The van der Waals surface area contributed by atoms with Crippen molar-refractivity contribution in [2.45, 2.75) is 25.8 Å². The summed E-state index contributed by atoms with van der Waals surface area (Å²) < 4.78 is 5.45. The minimum absolute atomic E-state index is 0.122. The van der Waals surface area contributed by atoms with Crippen LogP contribution < -0.4 is 5.32 Å². The molecule has 0 radical (unpaired) electrons. The Morgan fingerprint density at radius 3 is 2.93 bits per heavy atom. The molecule has 1 unspecified atom stereocenters. The minimum atomic E-state index is -0.132. The molecule has 1 aromatic heterocycles. The molecule has 3 nitrogen and oxygen atoms in total. The second-order valence-electron chi connectivity index (χ2n) is 3.16. The van der Waals surface area contributed by atoms with E-state index in [0.29, 0.717) is 16.1 Å². The number of amides is 1. The van der Waals surface area contributed by atoms with Gasteiger partial charge in [-0.3, -0.25) is 4.79 Å². The first-order chi connectivity index (χ1) is 7.19. The van der Waals surface area contributed by atoms with Gasteiger partial charge in [0.1, 0.15) is 0 Å². The molecule has 15 heavy (non-hydrogen) atoms. The standard InChI is InChI=1S/C10H13BrClNO2/c1-2-7(3-5-12)13-10(14)8-4-6-15-9(8)11/h4,6-7H,2-3,5H2,1H3,(H,13,14). The maximum Gasteiger partial charge on any atom is 0.255 e. The third-order valence-corrected chi connectivity index (χ3v) is 2.98. The van der Waals surface area contributed by atoms with E-state index in [9.17, 15) is 4.79 Å². The molecule has 5 heteroatoms. The number of furan rings is 1. The fourth-order valence-corrected chi connectivity index (χ4v) is 1.91. The van der Waals surface area contributed by atoms with Gasteiger partial charge < -0.3 is 9.73 Å². The van der Waals surface area contributed by atoms with Crippen molar-refractivity contribution in [3.8, 4) is 0 Å². The van der Waals surface area contributed by atoms with Crippen LogP contribution in [0.5, 0.6) is 0 Å². The van der Waals surface area contributed by atoms with Gasteiger partial charge in [0.2, 0.25) is 0 Å². The van der Waals surface area contributed by atoms with Gasteiger partial charge in [-0.05, 0) is 34.8 Å². The van der Waals surface area contributed by atoms with Gasteiger partial charge in [0, 0.05) is 11.9 Å². The quantitative estimate of drug-likeness (QED) is 0.848. The molecular weight excluding hydrogens is 281 g/mol. The number of rotatable bonds is 5. The van der Waals surface area contributed by atoms with Crippen molar-refractivity contribution < 1.29 is 9.21 Å². The lowest BCUT2D eigenvalue weighted by Gasteiger charge is -2.14. The van der Waals surface area contributed by atoms with Gasteiger partial charge in [-0.2, -0.15) is 0 Å². The minimum Gasteiger partial charge on any atom is -0.457 e. The van der Waals surface area contributed by atoms with Gasteiger partial charge in [0.15, 0.2) is 4.67 Å². The molecule has 1 N–H and O–H groups in total. The van der Waals surface area contributed by atoms with Crippen molar-refractivity contribution in [1.82, 2.24) is 5.32 Å². The molecular formula is C10H13BrClNO2. The molecule has 0 aliphatic heterocycles. The Bertz CT molecular complexity index is 327. The number of carbonyl (C=O) groups excluding carboxylic acids is 1. The monoisotopic (exact) mass is 293 g/mol. The summed E-state index contributed by atoms with van der Waals surface area (Å²) in [6, 6.07) is 1.75. The van der Waals surface area contributed by atoms with Gasteiger partial charge in [-0.1, -0.05) is 6.92 Å². The highest BCUT2D eigenvalue weighted by Gasteiger charge is 2.15. The summed E-state index contributed by atoms with van der Waals surface area (Å²) in [5.74, 6) is 0.415. The predicted octanol–water partition coefficient (Wildman–Crippen LogP) is 3.18. The van der Waals surface area contributed by atoms with Crippen LogP contribution in [-0.4, -0.2) is 17.8 Å². The molecule has 1 atom stereocenters. The summed E-state index contributed by atoms with van der Waals surface area (Å²) in [7, 11) is 0. The summed E-state index contributed by atoms with van der Waals surface area (Å²) in [5.41, 5.74) is 0.517. The van der Waals surface area contributed by atoms with Crippen LogP contribution in [0.2, 0.25) is 0 Å². The highest BCUT2D eigenvalue weighted by atomic mass is 79.9. The molecule has 0 fully saturated rings. The Kier molecular flexibility index (Phi) is 5.19. The number of halogens is 2. The Labute approximate surface area is 102 Å². The van der Waals surface area contributed by atoms with Crippen molar-refractivity contribution in [2.24, 2.45) is 0 Å². The second-order valence-corrected chi connectivity index (χ2v) is 4.26. The molecule has 0 aromatic carbocycles. The van der Waals surface area contributed by atoms with E-state index >= 15 is 0 Å². The topological polar surface area (TPSA) is 42.2 Å². The normalized spacial score (nSPS) is 12.5. The summed E-state index contributed by atoms with van der Waals surface area (Å²) in [5, 5.41) is 2.90. The molecule has 1 aromatic rings. The molecule has 1 rings (SSSR count). The molecule has 0 aliphatic rings. The summed E-state index contributed by atoms with van der Waals surface area (Å²) in [4.78, 5) is 11.7.